The molecule has 0 aliphatic rings. The van der Waals surface area contributed by atoms with Gasteiger partial charge in [0.25, 0.3) is 0 Å². The standard InChI is InChI=1S/C11H17NO/c1-4-5-6-7-10(2)8-11(9-13)12-3/h4-7,9,11-12H,2,8H2,1,3H3/b5-4-,7-6-/t11-/m0/s1. The molecule has 0 aliphatic heterocycles. The molecule has 2 heteroatoms. The van der Waals surface area contributed by atoms with E-state index in [9.17, 15) is 4.79 Å². The molecule has 13 heavy (non-hydrogen) atoms. The first-order chi connectivity index (χ1) is 6.24. The van der Waals surface area contributed by atoms with Crippen molar-refractivity contribution in [2.75, 3.05) is 7.05 Å². The number of likely N-dealkylation sites (N-methyl/N-ethyl adjacent to an activating group) is 1. The van der Waals surface area contributed by atoms with Crippen LogP contribution in [0.2, 0.25) is 0 Å². The second-order valence-electron chi connectivity index (χ2n) is 2.78. The SMILES string of the molecule is C=C(/C=C\C=C/C)C[C@@H](C=O)NC. The predicted octanol–water partition coefficient (Wildman–Crippen LogP) is 1.85. The smallest absolute Gasteiger partial charge is 0.137 e. The normalized spacial score (nSPS) is 13.7. The van der Waals surface area contributed by atoms with Gasteiger partial charge in [0.05, 0.1) is 6.04 Å². The van der Waals surface area contributed by atoms with Gasteiger partial charge in [-0.2, -0.15) is 0 Å². The molecule has 72 valence electrons. The largest absolute Gasteiger partial charge is 0.311 e. The van der Waals surface area contributed by atoms with Crippen LogP contribution in [0.1, 0.15) is 13.3 Å². The minimum Gasteiger partial charge on any atom is -0.311 e. The Bertz CT molecular complexity index is 216. The van der Waals surface area contributed by atoms with E-state index in [0.717, 1.165) is 11.9 Å². The lowest BCUT2D eigenvalue weighted by atomic mass is 10.1. The van der Waals surface area contributed by atoms with Gasteiger partial charge in [-0.1, -0.05) is 36.5 Å². The van der Waals surface area contributed by atoms with Crippen LogP contribution in [0, 0.1) is 0 Å². The Morgan fingerprint density at radius 1 is 1.54 bits per heavy atom. The minimum atomic E-state index is -0.122. The highest BCUT2D eigenvalue weighted by Crippen LogP contribution is 2.02. The summed E-state index contributed by atoms with van der Waals surface area (Å²) in [7, 11) is 1.77. The van der Waals surface area contributed by atoms with Gasteiger partial charge in [0, 0.05) is 0 Å². The van der Waals surface area contributed by atoms with Crippen LogP contribution in [0.3, 0.4) is 0 Å². The molecule has 0 amide bonds. The van der Waals surface area contributed by atoms with E-state index in [1.807, 2.05) is 31.2 Å². The lowest BCUT2D eigenvalue weighted by Crippen LogP contribution is -2.26. The second kappa shape index (κ2) is 7.50. The van der Waals surface area contributed by atoms with E-state index in [-0.39, 0.29) is 6.04 Å². The predicted molar refractivity (Wildman–Crippen MR) is 56.6 cm³/mol. The average Bonchev–Trinajstić information content (AvgIpc) is 2.14. The lowest BCUT2D eigenvalue weighted by molar-refractivity contribution is -0.109. The van der Waals surface area contributed by atoms with Gasteiger partial charge in [-0.15, -0.1) is 0 Å². The van der Waals surface area contributed by atoms with Gasteiger partial charge in [-0.25, -0.2) is 0 Å². The van der Waals surface area contributed by atoms with E-state index < -0.39 is 0 Å². The van der Waals surface area contributed by atoms with Crippen molar-refractivity contribution in [1.82, 2.24) is 5.32 Å². The van der Waals surface area contributed by atoms with Crippen molar-refractivity contribution in [2.24, 2.45) is 0 Å². The third-order valence-corrected chi connectivity index (χ3v) is 1.65. The van der Waals surface area contributed by atoms with Crippen LogP contribution in [0.4, 0.5) is 0 Å². The lowest BCUT2D eigenvalue weighted by Gasteiger charge is -2.07. The quantitative estimate of drug-likeness (QED) is 0.498. The summed E-state index contributed by atoms with van der Waals surface area (Å²) in [5, 5.41) is 2.89. The molecule has 0 unspecified atom stereocenters. The molecule has 1 atom stereocenters. The molecule has 0 bridgehead atoms. The summed E-state index contributed by atoms with van der Waals surface area (Å²) < 4.78 is 0. The second-order valence-corrected chi connectivity index (χ2v) is 2.78. The fraction of sp³-hybridized carbons (Fsp3) is 0.364. The number of allylic oxidation sites excluding steroid dienone is 4. The summed E-state index contributed by atoms with van der Waals surface area (Å²) in [6, 6.07) is -0.122. The topological polar surface area (TPSA) is 29.1 Å². The molecule has 0 fully saturated rings. The third-order valence-electron chi connectivity index (χ3n) is 1.65. The Hall–Kier alpha value is -1.15. The molecule has 0 saturated heterocycles. The Kier molecular flexibility index (Phi) is 6.83. The number of hydrogen-bond acceptors (Lipinski definition) is 2. The number of carbonyl (C=O) groups excluding carboxylic acids is 1. The Balaban J connectivity index is 3.92. The zero-order valence-corrected chi connectivity index (χ0v) is 8.29. The first-order valence-corrected chi connectivity index (χ1v) is 4.34. The van der Waals surface area contributed by atoms with Crippen molar-refractivity contribution in [3.05, 3.63) is 36.5 Å². The van der Waals surface area contributed by atoms with Gasteiger partial charge in [-0.3, -0.25) is 0 Å². The van der Waals surface area contributed by atoms with Gasteiger partial charge in [0.1, 0.15) is 6.29 Å². The molecular formula is C11H17NO. The van der Waals surface area contributed by atoms with Crippen LogP contribution in [-0.2, 0) is 4.79 Å². The fourth-order valence-electron chi connectivity index (χ4n) is 0.871. The maximum Gasteiger partial charge on any atom is 0.137 e. The van der Waals surface area contributed by atoms with E-state index in [1.165, 1.54) is 0 Å². The number of rotatable bonds is 6. The van der Waals surface area contributed by atoms with E-state index in [2.05, 4.69) is 11.9 Å². The molecule has 0 aromatic rings. The molecule has 0 aromatic carbocycles. The Labute approximate surface area is 80.0 Å². The maximum atomic E-state index is 10.5. The average molecular weight is 179 g/mol. The summed E-state index contributed by atoms with van der Waals surface area (Å²) in [5.41, 5.74) is 0.949. The molecular weight excluding hydrogens is 162 g/mol. The van der Waals surface area contributed by atoms with Crippen LogP contribution in [-0.4, -0.2) is 19.4 Å². The van der Waals surface area contributed by atoms with E-state index in [0.29, 0.717) is 6.42 Å². The van der Waals surface area contributed by atoms with E-state index in [1.54, 1.807) is 7.05 Å². The monoisotopic (exact) mass is 179 g/mol. The summed E-state index contributed by atoms with van der Waals surface area (Å²) in [4.78, 5) is 10.5. The van der Waals surface area contributed by atoms with Crippen LogP contribution in [0.25, 0.3) is 0 Å². The highest BCUT2D eigenvalue weighted by Gasteiger charge is 2.02. The first-order valence-electron chi connectivity index (χ1n) is 4.34. The zero-order chi connectivity index (χ0) is 10.1. The van der Waals surface area contributed by atoms with Crippen molar-refractivity contribution in [3.63, 3.8) is 0 Å². The summed E-state index contributed by atoms with van der Waals surface area (Å²) in [5.74, 6) is 0. The number of nitrogens with one attached hydrogen (secondary N) is 1. The fourth-order valence-corrected chi connectivity index (χ4v) is 0.871. The van der Waals surface area contributed by atoms with E-state index in [4.69, 9.17) is 0 Å². The van der Waals surface area contributed by atoms with Crippen molar-refractivity contribution >= 4 is 6.29 Å². The summed E-state index contributed by atoms with van der Waals surface area (Å²) in [6.45, 7) is 5.80. The minimum absolute atomic E-state index is 0.122. The maximum absolute atomic E-state index is 10.5. The molecule has 1 N–H and O–H groups in total. The molecule has 0 aromatic heterocycles. The summed E-state index contributed by atoms with van der Waals surface area (Å²) in [6.07, 6.45) is 9.26. The molecule has 0 saturated carbocycles. The molecule has 0 heterocycles. The Morgan fingerprint density at radius 2 is 2.23 bits per heavy atom. The first kappa shape index (κ1) is 11.8. The van der Waals surface area contributed by atoms with Crippen LogP contribution in [0.15, 0.2) is 36.5 Å². The van der Waals surface area contributed by atoms with Crippen LogP contribution < -0.4 is 5.32 Å². The van der Waals surface area contributed by atoms with Gasteiger partial charge in [0.15, 0.2) is 0 Å². The zero-order valence-electron chi connectivity index (χ0n) is 8.29. The van der Waals surface area contributed by atoms with Gasteiger partial charge >= 0.3 is 0 Å². The highest BCUT2D eigenvalue weighted by molar-refractivity contribution is 5.58. The van der Waals surface area contributed by atoms with Crippen molar-refractivity contribution in [1.29, 1.82) is 0 Å². The van der Waals surface area contributed by atoms with Crippen LogP contribution in [0.5, 0.6) is 0 Å². The number of carbonyl (C=O) groups is 1. The van der Waals surface area contributed by atoms with Crippen LogP contribution >= 0.6 is 0 Å². The Morgan fingerprint density at radius 3 is 2.69 bits per heavy atom. The third kappa shape index (κ3) is 6.05. The number of aldehydes is 1. The van der Waals surface area contributed by atoms with Gasteiger partial charge in [0.2, 0.25) is 0 Å². The molecule has 0 rings (SSSR count). The van der Waals surface area contributed by atoms with E-state index >= 15 is 0 Å². The summed E-state index contributed by atoms with van der Waals surface area (Å²) >= 11 is 0. The molecule has 0 spiro atoms. The van der Waals surface area contributed by atoms with Gasteiger partial charge < -0.3 is 10.1 Å². The number of hydrogen-bond donors (Lipinski definition) is 1. The molecule has 0 aliphatic carbocycles. The molecule has 0 radical (unpaired) electrons. The molecule has 2 nitrogen and oxygen atoms in total. The van der Waals surface area contributed by atoms with Crippen molar-refractivity contribution < 1.29 is 4.79 Å². The highest BCUT2D eigenvalue weighted by atomic mass is 16.1. The van der Waals surface area contributed by atoms with Crippen molar-refractivity contribution in [3.8, 4) is 0 Å². The van der Waals surface area contributed by atoms with Gasteiger partial charge in [-0.05, 0) is 20.4 Å². The van der Waals surface area contributed by atoms with Crippen molar-refractivity contribution in [2.45, 2.75) is 19.4 Å².